The first-order valence-corrected chi connectivity index (χ1v) is 8.57. The molecule has 2 saturated heterocycles. The molecule has 2 fully saturated rings. The van der Waals surface area contributed by atoms with Crippen molar-refractivity contribution in [1.82, 2.24) is 9.80 Å². The summed E-state index contributed by atoms with van der Waals surface area (Å²) < 4.78 is 0. The quantitative estimate of drug-likeness (QED) is 0.787. The number of piperazine rings is 1. The Hall–Kier alpha value is -0.710. The number of piperidine rings is 1. The zero-order valence-electron chi connectivity index (χ0n) is 12.1. The molecule has 19 heavy (non-hydrogen) atoms. The van der Waals surface area contributed by atoms with E-state index in [4.69, 9.17) is 0 Å². The summed E-state index contributed by atoms with van der Waals surface area (Å²) >= 11 is 1.72. The lowest BCUT2D eigenvalue weighted by Gasteiger charge is -2.48. The van der Waals surface area contributed by atoms with Crippen LogP contribution in [0, 0.1) is 5.92 Å². The molecule has 0 N–H and O–H groups in total. The van der Waals surface area contributed by atoms with Crippen LogP contribution in [0.5, 0.6) is 0 Å². The van der Waals surface area contributed by atoms with Crippen LogP contribution in [0.1, 0.15) is 33.1 Å². The molecule has 108 valence electrons. The Kier molecular flexibility index (Phi) is 4.76. The first-order chi connectivity index (χ1) is 9.07. The maximum Gasteiger partial charge on any atom is 0.246 e. The van der Waals surface area contributed by atoms with Crippen molar-refractivity contribution in [2.24, 2.45) is 5.92 Å². The highest BCUT2D eigenvalue weighted by atomic mass is 32.2. The van der Waals surface area contributed by atoms with E-state index in [9.17, 15) is 9.59 Å². The van der Waals surface area contributed by atoms with Crippen LogP contribution in [0.4, 0.5) is 0 Å². The number of fused-ring (bicyclic) bond motifs is 1. The summed E-state index contributed by atoms with van der Waals surface area (Å²) in [5, 5.41) is 0. The van der Waals surface area contributed by atoms with Crippen molar-refractivity contribution in [3.8, 4) is 0 Å². The SMILES string of the molecule is CSCCN1C(=O)C2CCCCN2C(=O)C1C(C)C. The molecule has 2 amide bonds. The van der Waals surface area contributed by atoms with E-state index >= 15 is 0 Å². The summed E-state index contributed by atoms with van der Waals surface area (Å²) in [5.41, 5.74) is 0. The van der Waals surface area contributed by atoms with Gasteiger partial charge in [0.25, 0.3) is 0 Å². The van der Waals surface area contributed by atoms with Gasteiger partial charge in [0, 0.05) is 18.8 Å². The van der Waals surface area contributed by atoms with Gasteiger partial charge in [0.1, 0.15) is 12.1 Å². The third kappa shape index (κ3) is 2.76. The molecule has 2 aliphatic rings. The van der Waals surface area contributed by atoms with Crippen molar-refractivity contribution in [3.63, 3.8) is 0 Å². The number of rotatable bonds is 4. The van der Waals surface area contributed by atoms with Crippen LogP contribution in [0.25, 0.3) is 0 Å². The summed E-state index contributed by atoms with van der Waals surface area (Å²) in [6.07, 6.45) is 4.97. The summed E-state index contributed by atoms with van der Waals surface area (Å²) in [4.78, 5) is 29.0. The normalized spacial score (nSPS) is 28.0. The van der Waals surface area contributed by atoms with Crippen LogP contribution in [0.15, 0.2) is 0 Å². The van der Waals surface area contributed by atoms with Crippen molar-refractivity contribution in [2.45, 2.75) is 45.2 Å². The molecule has 2 unspecified atom stereocenters. The van der Waals surface area contributed by atoms with Gasteiger partial charge >= 0.3 is 0 Å². The lowest BCUT2D eigenvalue weighted by molar-refractivity contribution is -0.165. The molecule has 0 bridgehead atoms. The Morgan fingerprint density at radius 1 is 1.26 bits per heavy atom. The van der Waals surface area contributed by atoms with E-state index in [0.29, 0.717) is 6.54 Å². The van der Waals surface area contributed by atoms with Gasteiger partial charge in [-0.3, -0.25) is 9.59 Å². The largest absolute Gasteiger partial charge is 0.329 e. The molecule has 0 saturated carbocycles. The van der Waals surface area contributed by atoms with Crippen molar-refractivity contribution < 1.29 is 9.59 Å². The van der Waals surface area contributed by atoms with Gasteiger partial charge in [-0.15, -0.1) is 0 Å². The summed E-state index contributed by atoms with van der Waals surface area (Å²) in [5.74, 6) is 1.42. The summed E-state index contributed by atoms with van der Waals surface area (Å²) in [6, 6.07) is -0.438. The number of carbonyl (C=O) groups is 2. The second kappa shape index (κ2) is 6.16. The third-order valence-electron chi connectivity index (χ3n) is 4.11. The van der Waals surface area contributed by atoms with Crippen molar-refractivity contribution in [1.29, 1.82) is 0 Å². The van der Waals surface area contributed by atoms with E-state index in [0.717, 1.165) is 31.6 Å². The Labute approximate surface area is 119 Å². The van der Waals surface area contributed by atoms with Crippen LogP contribution in [-0.2, 0) is 9.59 Å². The van der Waals surface area contributed by atoms with Gasteiger partial charge in [0.05, 0.1) is 0 Å². The highest BCUT2D eigenvalue weighted by Crippen LogP contribution is 2.29. The van der Waals surface area contributed by atoms with Crippen LogP contribution in [0.3, 0.4) is 0 Å². The predicted molar refractivity (Wildman–Crippen MR) is 78.1 cm³/mol. The minimum Gasteiger partial charge on any atom is -0.329 e. The molecule has 2 rings (SSSR count). The Balaban J connectivity index is 2.23. The number of hydrogen-bond donors (Lipinski definition) is 0. The van der Waals surface area contributed by atoms with E-state index in [1.807, 2.05) is 29.9 Å². The molecule has 2 atom stereocenters. The zero-order valence-corrected chi connectivity index (χ0v) is 12.9. The second-order valence-corrected chi connectivity index (χ2v) is 6.74. The summed E-state index contributed by atoms with van der Waals surface area (Å²) in [7, 11) is 0. The van der Waals surface area contributed by atoms with Crippen LogP contribution in [-0.4, -0.2) is 58.8 Å². The molecule has 0 aromatic heterocycles. The molecular weight excluding hydrogens is 260 g/mol. The number of carbonyl (C=O) groups excluding carboxylic acids is 2. The number of amides is 2. The molecular formula is C14H24N2O2S. The average molecular weight is 284 g/mol. The number of hydrogen-bond acceptors (Lipinski definition) is 3. The Bertz CT molecular complexity index is 359. The topological polar surface area (TPSA) is 40.6 Å². The minimum absolute atomic E-state index is 0.167. The maximum absolute atomic E-state index is 12.6. The number of thioether (sulfide) groups is 1. The first-order valence-electron chi connectivity index (χ1n) is 7.17. The highest BCUT2D eigenvalue weighted by molar-refractivity contribution is 7.98. The van der Waals surface area contributed by atoms with Gasteiger partial charge in [0.2, 0.25) is 11.8 Å². The fourth-order valence-electron chi connectivity index (χ4n) is 3.17. The molecule has 0 aromatic carbocycles. The molecule has 5 heteroatoms. The second-order valence-electron chi connectivity index (χ2n) is 5.76. The molecule has 0 spiro atoms. The monoisotopic (exact) mass is 284 g/mol. The molecule has 2 heterocycles. The zero-order chi connectivity index (χ0) is 14.0. The molecule has 2 aliphatic heterocycles. The Morgan fingerprint density at radius 3 is 2.63 bits per heavy atom. The minimum atomic E-state index is -0.256. The molecule has 0 radical (unpaired) electrons. The smallest absolute Gasteiger partial charge is 0.246 e. The van der Waals surface area contributed by atoms with Gasteiger partial charge in [0.15, 0.2) is 0 Å². The van der Waals surface area contributed by atoms with Crippen LogP contribution < -0.4 is 0 Å². The van der Waals surface area contributed by atoms with Crippen molar-refractivity contribution >= 4 is 23.6 Å². The predicted octanol–water partition coefficient (Wildman–Crippen LogP) is 1.60. The van der Waals surface area contributed by atoms with E-state index in [1.54, 1.807) is 11.8 Å². The van der Waals surface area contributed by atoms with E-state index in [1.165, 1.54) is 0 Å². The first kappa shape index (κ1) is 14.7. The van der Waals surface area contributed by atoms with E-state index < -0.39 is 0 Å². The van der Waals surface area contributed by atoms with Crippen LogP contribution in [0.2, 0.25) is 0 Å². The standard InChI is InChI=1S/C14H24N2O2S/c1-10(2)12-14(18)15-7-5-4-6-11(15)13(17)16(12)8-9-19-3/h10-12H,4-9H2,1-3H3. The lowest BCUT2D eigenvalue weighted by Crippen LogP contribution is -2.67. The molecule has 0 aromatic rings. The van der Waals surface area contributed by atoms with Gasteiger partial charge in [-0.25, -0.2) is 0 Å². The van der Waals surface area contributed by atoms with Crippen LogP contribution >= 0.6 is 11.8 Å². The average Bonchev–Trinajstić information content (AvgIpc) is 2.40. The molecule has 0 aliphatic carbocycles. The van der Waals surface area contributed by atoms with Gasteiger partial charge in [-0.2, -0.15) is 11.8 Å². The maximum atomic E-state index is 12.6. The molecule has 4 nitrogen and oxygen atoms in total. The third-order valence-corrected chi connectivity index (χ3v) is 4.70. The van der Waals surface area contributed by atoms with Gasteiger partial charge < -0.3 is 9.80 Å². The van der Waals surface area contributed by atoms with E-state index in [2.05, 4.69) is 0 Å². The fourth-order valence-corrected chi connectivity index (χ4v) is 3.55. The Morgan fingerprint density at radius 2 is 2.00 bits per heavy atom. The summed E-state index contributed by atoms with van der Waals surface area (Å²) in [6.45, 7) is 5.52. The van der Waals surface area contributed by atoms with Gasteiger partial charge in [-0.1, -0.05) is 13.8 Å². The van der Waals surface area contributed by atoms with Gasteiger partial charge in [-0.05, 0) is 31.4 Å². The van der Waals surface area contributed by atoms with E-state index in [-0.39, 0.29) is 29.8 Å². The number of nitrogens with zero attached hydrogens (tertiary/aromatic N) is 2. The van der Waals surface area contributed by atoms with Crippen molar-refractivity contribution in [2.75, 3.05) is 25.1 Å². The lowest BCUT2D eigenvalue weighted by atomic mass is 9.91. The highest BCUT2D eigenvalue weighted by Gasteiger charge is 2.47. The van der Waals surface area contributed by atoms with Crippen molar-refractivity contribution in [3.05, 3.63) is 0 Å². The fraction of sp³-hybridized carbons (Fsp3) is 0.857.